The molecule has 0 aliphatic heterocycles. The summed E-state index contributed by atoms with van der Waals surface area (Å²) in [6.45, 7) is 6.85. The van der Waals surface area contributed by atoms with E-state index in [1.54, 1.807) is 0 Å². The van der Waals surface area contributed by atoms with Gasteiger partial charge in [-0.05, 0) is 51.6 Å². The molecule has 1 aliphatic rings. The maximum atomic E-state index is 6.43. The van der Waals surface area contributed by atoms with Crippen LogP contribution < -0.4 is 5.73 Å². The average molecular weight is 212 g/mol. The molecule has 15 heavy (non-hydrogen) atoms. The summed E-state index contributed by atoms with van der Waals surface area (Å²) in [5.74, 6) is 1.46. The largest absolute Gasteiger partial charge is 0.326 e. The Morgan fingerprint density at radius 2 is 1.67 bits per heavy atom. The molecular weight excluding hydrogens is 184 g/mol. The van der Waals surface area contributed by atoms with Crippen LogP contribution in [0.1, 0.15) is 46.5 Å². The molecular formula is C13H28N2. The third-order valence-corrected chi connectivity index (χ3v) is 4.37. The number of likely N-dealkylation sites (N-methyl/N-ethyl adjacent to an activating group) is 1. The third kappa shape index (κ3) is 2.54. The molecule has 0 radical (unpaired) electrons. The third-order valence-electron chi connectivity index (χ3n) is 4.37. The van der Waals surface area contributed by atoms with Gasteiger partial charge in [-0.15, -0.1) is 0 Å². The summed E-state index contributed by atoms with van der Waals surface area (Å²) in [5, 5.41) is 0. The zero-order valence-corrected chi connectivity index (χ0v) is 11.1. The number of rotatable bonds is 3. The summed E-state index contributed by atoms with van der Waals surface area (Å²) < 4.78 is 0. The Morgan fingerprint density at radius 1 is 1.20 bits per heavy atom. The molecule has 0 heterocycles. The minimum atomic E-state index is 0.251. The molecule has 2 N–H and O–H groups in total. The highest BCUT2D eigenvalue weighted by atomic mass is 15.2. The van der Waals surface area contributed by atoms with E-state index in [1.807, 2.05) is 0 Å². The highest BCUT2D eigenvalue weighted by Gasteiger charge is 2.42. The van der Waals surface area contributed by atoms with Gasteiger partial charge in [0.1, 0.15) is 0 Å². The SMILES string of the molecule is CC1CCC(C(N)C(C)C)(N(C)C)CC1. The van der Waals surface area contributed by atoms with E-state index in [2.05, 4.69) is 39.8 Å². The molecule has 90 valence electrons. The Hall–Kier alpha value is -0.0800. The van der Waals surface area contributed by atoms with Gasteiger partial charge in [0.05, 0.1) is 0 Å². The fourth-order valence-corrected chi connectivity index (χ4v) is 2.96. The zero-order valence-electron chi connectivity index (χ0n) is 11.1. The first-order chi connectivity index (χ1) is 6.90. The monoisotopic (exact) mass is 212 g/mol. The first-order valence-corrected chi connectivity index (χ1v) is 6.33. The number of nitrogens with zero attached hydrogens (tertiary/aromatic N) is 1. The average Bonchev–Trinajstić information content (AvgIpc) is 2.17. The van der Waals surface area contributed by atoms with Crippen molar-refractivity contribution >= 4 is 0 Å². The van der Waals surface area contributed by atoms with Gasteiger partial charge in [0.2, 0.25) is 0 Å². The highest BCUT2D eigenvalue weighted by molar-refractivity contribution is 5.01. The predicted molar refractivity (Wildman–Crippen MR) is 66.9 cm³/mol. The molecule has 0 saturated heterocycles. The van der Waals surface area contributed by atoms with Gasteiger partial charge in [-0.2, -0.15) is 0 Å². The zero-order chi connectivity index (χ0) is 11.6. The second-order valence-corrected chi connectivity index (χ2v) is 5.95. The van der Waals surface area contributed by atoms with E-state index in [1.165, 1.54) is 25.7 Å². The van der Waals surface area contributed by atoms with Crippen LogP contribution in [0.5, 0.6) is 0 Å². The van der Waals surface area contributed by atoms with Crippen LogP contribution in [0.4, 0.5) is 0 Å². The lowest BCUT2D eigenvalue weighted by atomic mass is 9.69. The fraction of sp³-hybridized carbons (Fsp3) is 1.00. The van der Waals surface area contributed by atoms with Crippen LogP contribution in [0.25, 0.3) is 0 Å². The van der Waals surface area contributed by atoms with Crippen molar-refractivity contribution in [2.75, 3.05) is 14.1 Å². The van der Waals surface area contributed by atoms with Gasteiger partial charge in [0.15, 0.2) is 0 Å². The number of hydrogen-bond acceptors (Lipinski definition) is 2. The first kappa shape index (κ1) is 13.0. The van der Waals surface area contributed by atoms with Gasteiger partial charge in [0, 0.05) is 11.6 Å². The molecule has 1 unspecified atom stereocenters. The molecule has 1 rings (SSSR count). The molecule has 1 aliphatic carbocycles. The normalized spacial score (nSPS) is 34.8. The Bertz CT molecular complexity index is 191. The van der Waals surface area contributed by atoms with Crippen molar-refractivity contribution in [2.24, 2.45) is 17.6 Å². The highest BCUT2D eigenvalue weighted by Crippen LogP contribution is 2.38. The Balaban J connectivity index is 2.80. The number of hydrogen-bond donors (Lipinski definition) is 1. The Morgan fingerprint density at radius 3 is 2.00 bits per heavy atom. The molecule has 1 saturated carbocycles. The molecule has 0 aromatic rings. The minimum Gasteiger partial charge on any atom is -0.326 e. The summed E-state index contributed by atoms with van der Waals surface area (Å²) in [6, 6.07) is 0.306. The molecule has 2 heteroatoms. The van der Waals surface area contributed by atoms with E-state index in [-0.39, 0.29) is 5.54 Å². The van der Waals surface area contributed by atoms with Crippen molar-refractivity contribution in [2.45, 2.75) is 58.0 Å². The quantitative estimate of drug-likeness (QED) is 0.779. The summed E-state index contributed by atoms with van der Waals surface area (Å²) >= 11 is 0. The lowest BCUT2D eigenvalue weighted by Gasteiger charge is -2.49. The van der Waals surface area contributed by atoms with Gasteiger partial charge in [0.25, 0.3) is 0 Å². The van der Waals surface area contributed by atoms with Crippen molar-refractivity contribution in [3.8, 4) is 0 Å². The minimum absolute atomic E-state index is 0.251. The molecule has 0 spiro atoms. The molecule has 1 atom stereocenters. The molecule has 0 aromatic heterocycles. The van der Waals surface area contributed by atoms with E-state index in [0.29, 0.717) is 12.0 Å². The van der Waals surface area contributed by atoms with Gasteiger partial charge in [-0.25, -0.2) is 0 Å². The van der Waals surface area contributed by atoms with Crippen LogP contribution in [-0.2, 0) is 0 Å². The van der Waals surface area contributed by atoms with Gasteiger partial charge in [-0.1, -0.05) is 20.8 Å². The van der Waals surface area contributed by atoms with Crippen molar-refractivity contribution in [1.29, 1.82) is 0 Å². The van der Waals surface area contributed by atoms with Crippen molar-refractivity contribution in [3.05, 3.63) is 0 Å². The second kappa shape index (κ2) is 4.84. The summed E-state index contributed by atoms with van der Waals surface area (Å²) in [5.41, 5.74) is 6.68. The molecule has 0 amide bonds. The first-order valence-electron chi connectivity index (χ1n) is 6.33. The summed E-state index contributed by atoms with van der Waals surface area (Å²) in [4.78, 5) is 2.38. The second-order valence-electron chi connectivity index (χ2n) is 5.95. The van der Waals surface area contributed by atoms with E-state index in [9.17, 15) is 0 Å². The van der Waals surface area contributed by atoms with Gasteiger partial charge in [-0.3, -0.25) is 0 Å². The molecule has 1 fully saturated rings. The molecule has 0 aromatic carbocycles. The topological polar surface area (TPSA) is 29.3 Å². The predicted octanol–water partition coefficient (Wildman–Crippen LogP) is 2.48. The van der Waals surface area contributed by atoms with Crippen LogP contribution >= 0.6 is 0 Å². The lowest BCUT2D eigenvalue weighted by Crippen LogP contribution is -2.60. The van der Waals surface area contributed by atoms with Crippen molar-refractivity contribution < 1.29 is 0 Å². The van der Waals surface area contributed by atoms with Crippen LogP contribution in [-0.4, -0.2) is 30.6 Å². The Kier molecular flexibility index (Phi) is 4.19. The smallest absolute Gasteiger partial charge is 0.0357 e. The van der Waals surface area contributed by atoms with E-state index in [4.69, 9.17) is 5.73 Å². The maximum Gasteiger partial charge on any atom is 0.0357 e. The van der Waals surface area contributed by atoms with Crippen LogP contribution in [0.2, 0.25) is 0 Å². The summed E-state index contributed by atoms with van der Waals surface area (Å²) in [6.07, 6.45) is 5.19. The molecule has 0 bridgehead atoms. The van der Waals surface area contributed by atoms with Crippen molar-refractivity contribution in [1.82, 2.24) is 4.90 Å². The maximum absolute atomic E-state index is 6.43. The Labute approximate surface area is 95.2 Å². The van der Waals surface area contributed by atoms with Crippen LogP contribution in [0, 0.1) is 11.8 Å². The van der Waals surface area contributed by atoms with Crippen molar-refractivity contribution in [3.63, 3.8) is 0 Å². The van der Waals surface area contributed by atoms with E-state index < -0.39 is 0 Å². The number of nitrogens with two attached hydrogens (primary N) is 1. The molecule has 2 nitrogen and oxygen atoms in total. The summed E-state index contributed by atoms with van der Waals surface area (Å²) in [7, 11) is 4.39. The van der Waals surface area contributed by atoms with Crippen LogP contribution in [0.3, 0.4) is 0 Å². The fourth-order valence-electron chi connectivity index (χ4n) is 2.96. The van der Waals surface area contributed by atoms with E-state index in [0.717, 1.165) is 5.92 Å². The van der Waals surface area contributed by atoms with Gasteiger partial charge >= 0.3 is 0 Å². The standard InChI is InChI=1S/C13H28N2/c1-10(2)12(14)13(15(4)5)8-6-11(3)7-9-13/h10-12H,6-9,14H2,1-5H3. The lowest BCUT2D eigenvalue weighted by molar-refractivity contribution is 0.0418. The van der Waals surface area contributed by atoms with Gasteiger partial charge < -0.3 is 10.6 Å². The van der Waals surface area contributed by atoms with E-state index >= 15 is 0 Å². The van der Waals surface area contributed by atoms with Crippen LogP contribution in [0.15, 0.2) is 0 Å².